The van der Waals surface area contributed by atoms with Crippen LogP contribution in [0.5, 0.6) is 28.7 Å². The minimum absolute atomic E-state index is 0.266. The summed E-state index contributed by atoms with van der Waals surface area (Å²) < 4.78 is 11.2. The third-order valence-corrected chi connectivity index (χ3v) is 24.0. The number of methoxy groups -OCH3 is 2. The van der Waals surface area contributed by atoms with Crippen molar-refractivity contribution >= 4 is 116 Å². The van der Waals surface area contributed by atoms with Crippen LogP contribution in [0.15, 0.2) is 116 Å². The van der Waals surface area contributed by atoms with Gasteiger partial charge in [0.1, 0.15) is 28.7 Å². The number of hydrogen-bond donors (Lipinski definition) is 5. The van der Waals surface area contributed by atoms with Crippen molar-refractivity contribution < 1.29 is 139 Å². The van der Waals surface area contributed by atoms with Gasteiger partial charge in [-0.15, -0.1) is 0 Å². The van der Waals surface area contributed by atoms with E-state index in [4.69, 9.17) is 120 Å². The van der Waals surface area contributed by atoms with Gasteiger partial charge in [-0.25, -0.2) is 0 Å². The van der Waals surface area contributed by atoms with Gasteiger partial charge in [-0.05, 0) is 260 Å². The van der Waals surface area contributed by atoms with Crippen LogP contribution in [-0.2, 0) is 114 Å². The first-order valence-corrected chi connectivity index (χ1v) is 68.5. The van der Waals surface area contributed by atoms with Gasteiger partial charge in [-0.1, -0.05) is 81.4 Å². The number of benzene rings is 5. The Morgan fingerprint density at radius 3 is 0.869 bits per heavy atom. The quantitative estimate of drug-likeness (QED) is 0.0771. The summed E-state index contributed by atoms with van der Waals surface area (Å²) in [5, 5.41) is 49.9. The molecule has 0 saturated heterocycles. The number of halogens is 10. The van der Waals surface area contributed by atoms with E-state index in [0.717, 1.165) is 115 Å². The maximum absolute atomic E-state index is 10.0. The normalized spacial score (nSPS) is 29.9. The monoisotopic (exact) mass is 2050 g/mol. The number of hydrogen-bond acceptors (Lipinski definition) is 12. The van der Waals surface area contributed by atoms with Crippen LogP contribution in [-0.4, -0.2) is 113 Å². The zero-order valence-electron chi connectivity index (χ0n) is 62.8. The Hall–Kier alpha value is 0.686. The van der Waals surface area contributed by atoms with E-state index in [-0.39, 0.29) is 12.1 Å². The number of aryl methyl sites for hydroxylation is 5. The summed E-state index contributed by atoms with van der Waals surface area (Å²) >= 11 is -4.13. The molecule has 107 heavy (non-hydrogen) atoms. The Kier molecular flexibility index (Phi) is 46.1. The van der Waals surface area contributed by atoms with Gasteiger partial charge in [-0.2, -0.15) is 0 Å². The van der Waals surface area contributed by atoms with E-state index in [1.54, 1.807) is 14.2 Å². The first-order valence-electron chi connectivity index (χ1n) is 36.9. The number of para-hydroxylation sites is 5. The number of phenols is 5. The Labute approximate surface area is 731 Å². The van der Waals surface area contributed by atoms with Crippen molar-refractivity contribution in [2.24, 2.45) is 102 Å². The molecule has 582 valence electrons. The fourth-order valence-electron chi connectivity index (χ4n) is 18.4. The predicted molar refractivity (Wildman–Crippen MR) is 433 cm³/mol. The van der Waals surface area contributed by atoms with Crippen molar-refractivity contribution in [3.8, 4) is 28.7 Å². The van der Waals surface area contributed by atoms with Gasteiger partial charge in [0.2, 0.25) is 0 Å². The second kappa shape index (κ2) is 51.1. The number of nitrogens with zero attached hydrogens (tertiary/aromatic N) is 5. The van der Waals surface area contributed by atoms with Gasteiger partial charge in [0.15, 0.2) is 0 Å². The van der Waals surface area contributed by atoms with Gasteiger partial charge in [-0.3, -0.25) is 25.0 Å². The van der Waals surface area contributed by atoms with Crippen molar-refractivity contribution in [2.75, 3.05) is 14.2 Å². The van der Waals surface area contributed by atoms with Crippen molar-refractivity contribution in [3.05, 3.63) is 147 Å². The SMILES string of the molecule is COC1C2CCC(C2)C1N=Cc1cccc(C)c1O.COC1CC2CC(N=Cc3cccc(C)c3O)C1C2.Cc1cccc(C=NC2CC3CC2CC3C)c1O.Cc1cccc(C=NC2CC3CC2CC3C)c1O.Cc1cccc(C=NC2CC3CC2CC3C)c1O.[Cl][Zr][Cl].[Cl][Zr][Cl].[Cl][Zr][Cl].[Cl][Zr][Cl].[Cl][Zr][Cl]. The van der Waals surface area contributed by atoms with Crippen LogP contribution in [0.4, 0.5) is 0 Å². The Morgan fingerprint density at radius 2 is 0.607 bits per heavy atom. The molecule has 27 heteroatoms. The molecule has 0 heterocycles. The number of rotatable bonds is 12. The minimum atomic E-state index is -0.826. The molecule has 0 spiro atoms. The third kappa shape index (κ3) is 29.0. The average molecular weight is 2060 g/mol. The molecule has 0 aliphatic heterocycles. The second-order valence-corrected chi connectivity index (χ2v) is 48.9. The molecule has 5 aromatic carbocycles. The Balaban J connectivity index is 0.000000200. The molecular formula is C80H105Cl10N5O7Zr5. The fraction of sp³-hybridized carbons (Fsp3) is 0.562. The Morgan fingerprint density at radius 1 is 0.327 bits per heavy atom. The first kappa shape index (κ1) is 96.5. The molecule has 0 amide bonds. The summed E-state index contributed by atoms with van der Waals surface area (Å²) in [5.41, 5.74) is 8.71. The maximum atomic E-state index is 10.0. The van der Waals surface area contributed by atoms with Crippen LogP contribution in [0, 0.1) is 112 Å². The second-order valence-electron chi connectivity index (χ2n) is 30.2. The number of aromatic hydroxyl groups is 5. The van der Waals surface area contributed by atoms with Gasteiger partial charge >= 0.3 is 189 Å². The van der Waals surface area contributed by atoms with E-state index >= 15 is 0 Å². The van der Waals surface area contributed by atoms with Gasteiger partial charge in [0.25, 0.3) is 0 Å². The molecular weight excluding hydrogens is 1950 g/mol. The van der Waals surface area contributed by atoms with E-state index in [9.17, 15) is 25.5 Å². The van der Waals surface area contributed by atoms with Crippen LogP contribution < -0.4 is 0 Å². The average Bonchev–Trinajstić information content (AvgIpc) is 1.69. The number of phenolic OH excluding ortho intramolecular Hbond substituents is 5. The Bertz CT molecular complexity index is 3420. The molecule has 5 aromatic rings. The zero-order valence-corrected chi connectivity index (χ0v) is 82.6. The molecule has 20 atom stereocenters. The van der Waals surface area contributed by atoms with Crippen molar-refractivity contribution in [1.29, 1.82) is 0 Å². The predicted octanol–water partition coefficient (Wildman–Crippen LogP) is 23.4. The summed E-state index contributed by atoms with van der Waals surface area (Å²) in [5.74, 6) is 12.2. The molecule has 20 unspecified atom stereocenters. The molecule has 0 aromatic heterocycles. The topological polar surface area (TPSA) is 181 Å². The van der Waals surface area contributed by atoms with Crippen molar-refractivity contribution in [2.45, 2.75) is 194 Å². The summed E-state index contributed by atoms with van der Waals surface area (Å²) in [6.45, 7) is 16.7. The van der Waals surface area contributed by atoms with E-state index in [0.29, 0.717) is 76.8 Å². The molecule has 10 fully saturated rings. The van der Waals surface area contributed by atoms with Crippen LogP contribution in [0.1, 0.15) is 173 Å². The fourth-order valence-corrected chi connectivity index (χ4v) is 18.4. The standard InChI is InChI=1S/2C16H21NO2.3C16H21NO.10ClH.5Zr/c1-10-4-3-5-12(16(10)18)9-17-14-7-11-6-13(14)15(8-11)19-2;1-10-4-3-5-13(15(10)18)9-17-14-11-6-7-12(8-11)16(14)19-2;3*1-10-4-3-5-12(16(10)18)9-17-15-8-13-7-14(15)6-11(13)2;;;;;;;;;;;;;;;/h3-5,9,11,13-15,18H,6-8H2,1-2H3;3-5,9,11-12,14,16,18H,6-8H2,1-2H3;3*3-5,9,11,13-15,18H,6-8H2,1-2H3;10*1H;;;;;/q;;;;;;;;;;;;;;;5*+2/p-10. The summed E-state index contributed by atoms with van der Waals surface area (Å²) in [4.78, 5) is 23.6. The van der Waals surface area contributed by atoms with Gasteiger partial charge in [0.05, 0.1) is 42.4 Å². The van der Waals surface area contributed by atoms with Gasteiger partial charge in [0, 0.05) is 79.0 Å². The molecule has 15 rings (SSSR count). The molecule has 5 N–H and O–H groups in total. The number of aliphatic imine (C=N–C) groups is 5. The van der Waals surface area contributed by atoms with E-state index in [1.165, 1.54) is 96.3 Å². The molecule has 0 radical (unpaired) electrons. The molecule has 10 saturated carbocycles. The summed E-state index contributed by atoms with van der Waals surface area (Å²) in [7, 11) is 52.9. The molecule has 10 aliphatic rings. The molecule has 10 aliphatic carbocycles. The zero-order chi connectivity index (χ0) is 78.4. The summed E-state index contributed by atoms with van der Waals surface area (Å²) in [6, 6.07) is 31.1. The van der Waals surface area contributed by atoms with Crippen molar-refractivity contribution in [1.82, 2.24) is 0 Å². The third-order valence-electron chi connectivity index (χ3n) is 24.0. The summed E-state index contributed by atoms with van der Waals surface area (Å²) in [6.07, 6.45) is 29.2. The molecule has 10 bridgehead atoms. The van der Waals surface area contributed by atoms with Crippen LogP contribution >= 0.6 is 85.1 Å². The van der Waals surface area contributed by atoms with E-state index in [1.807, 2.05) is 157 Å². The van der Waals surface area contributed by atoms with E-state index < -0.39 is 104 Å². The number of ether oxygens (including phenoxy) is 2. The van der Waals surface area contributed by atoms with Crippen molar-refractivity contribution in [3.63, 3.8) is 0 Å². The number of fused-ring (bicyclic) bond motifs is 10. The van der Waals surface area contributed by atoms with Crippen LogP contribution in [0.2, 0.25) is 0 Å². The van der Waals surface area contributed by atoms with Crippen LogP contribution in [0.25, 0.3) is 0 Å². The molecule has 12 nitrogen and oxygen atoms in total. The van der Waals surface area contributed by atoms with E-state index in [2.05, 4.69) is 20.8 Å². The first-order chi connectivity index (χ1) is 51.4. The van der Waals surface area contributed by atoms with Crippen LogP contribution in [0.3, 0.4) is 0 Å². The van der Waals surface area contributed by atoms with Gasteiger partial charge < -0.3 is 35.0 Å².